The molecule has 4 aromatic heterocycles. The summed E-state index contributed by atoms with van der Waals surface area (Å²) in [5.74, 6) is 2.46. The molecule has 0 bridgehead atoms. The molecule has 0 saturated heterocycles. The predicted octanol–water partition coefficient (Wildman–Crippen LogP) is 6.90. The lowest BCUT2D eigenvalue weighted by atomic mass is 9.82. The number of H-pyrrole nitrogens is 1. The Morgan fingerprint density at radius 1 is 0.662 bits per heavy atom. The Morgan fingerprint density at radius 3 is 1.72 bits per heavy atom. The van der Waals surface area contributed by atoms with Gasteiger partial charge in [-0.05, 0) is 111 Å². The summed E-state index contributed by atoms with van der Waals surface area (Å²) in [4.78, 5) is 67.7. The molecule has 0 atom stereocenters. The number of rotatable bonds is 12. The smallest absolute Gasteiger partial charge is 0.330 e. The molecule has 65 heavy (non-hydrogen) atoms. The summed E-state index contributed by atoms with van der Waals surface area (Å²) in [5, 5.41) is 0.879. The van der Waals surface area contributed by atoms with Crippen molar-refractivity contribution in [3.63, 3.8) is 0 Å². The van der Waals surface area contributed by atoms with E-state index in [1.165, 1.54) is 25.8 Å². The number of nitrogens with zero attached hydrogens (tertiary/aromatic N) is 5. The Balaban J connectivity index is 0.000000184. The molecular weight excluding hydrogens is 900 g/mol. The zero-order valence-electron chi connectivity index (χ0n) is 37.9. The maximum Gasteiger partial charge on any atom is 0.330 e. The van der Waals surface area contributed by atoms with Crippen LogP contribution in [-0.4, -0.2) is 68.6 Å². The summed E-state index contributed by atoms with van der Waals surface area (Å²) in [6.45, 7) is 1.49. The molecule has 6 aromatic rings. The molecule has 0 amide bonds. The van der Waals surface area contributed by atoms with Crippen LogP contribution in [-0.2, 0) is 58.2 Å². The van der Waals surface area contributed by atoms with Gasteiger partial charge in [0, 0.05) is 44.6 Å². The molecule has 0 radical (unpaired) electrons. The summed E-state index contributed by atoms with van der Waals surface area (Å²) >= 11 is 3.37. The van der Waals surface area contributed by atoms with Gasteiger partial charge >= 0.3 is 23.3 Å². The van der Waals surface area contributed by atoms with Gasteiger partial charge < -0.3 is 28.7 Å². The lowest BCUT2D eigenvalue weighted by molar-refractivity contribution is -0.147. The van der Waals surface area contributed by atoms with Crippen molar-refractivity contribution < 1.29 is 33.3 Å². The van der Waals surface area contributed by atoms with Gasteiger partial charge in [0.1, 0.15) is 23.8 Å². The van der Waals surface area contributed by atoms with E-state index < -0.39 is 0 Å². The van der Waals surface area contributed by atoms with Crippen LogP contribution in [0.2, 0.25) is 0 Å². The van der Waals surface area contributed by atoms with E-state index >= 15 is 0 Å². The number of imidazole rings is 2. The first-order valence-electron chi connectivity index (χ1n) is 21.8. The highest BCUT2D eigenvalue weighted by Gasteiger charge is 2.29. The van der Waals surface area contributed by atoms with Gasteiger partial charge in [-0.3, -0.25) is 32.7 Å². The van der Waals surface area contributed by atoms with Gasteiger partial charge in [0.2, 0.25) is 11.4 Å². The van der Waals surface area contributed by atoms with E-state index in [1.807, 2.05) is 48.5 Å². The van der Waals surface area contributed by atoms with Crippen molar-refractivity contribution in [2.45, 2.75) is 76.4 Å². The van der Waals surface area contributed by atoms with Crippen LogP contribution in [0.3, 0.4) is 0 Å². The molecule has 0 unspecified atom stereocenters. The number of halogens is 1. The van der Waals surface area contributed by atoms with Crippen LogP contribution in [0.25, 0.3) is 22.3 Å². The molecule has 8 rings (SSSR count). The van der Waals surface area contributed by atoms with Crippen LogP contribution in [0.1, 0.15) is 62.5 Å². The number of nitrogens with one attached hydrogen (secondary N) is 1. The van der Waals surface area contributed by atoms with E-state index in [1.54, 1.807) is 58.7 Å². The molecule has 2 aliphatic carbocycles. The Labute approximate surface area is 385 Å². The molecule has 2 saturated carbocycles. The fourth-order valence-corrected chi connectivity index (χ4v) is 9.02. The predicted molar refractivity (Wildman–Crippen MR) is 251 cm³/mol. The fraction of sp³-hybridized carbons (Fsp3) is 0.458. The summed E-state index contributed by atoms with van der Waals surface area (Å²) in [7, 11) is 9.62. The van der Waals surface area contributed by atoms with Gasteiger partial charge in [-0.1, -0.05) is 40.2 Å². The third-order valence-electron chi connectivity index (χ3n) is 12.4. The molecule has 348 valence electrons. The van der Waals surface area contributed by atoms with Crippen molar-refractivity contribution >= 4 is 50.2 Å². The first-order valence-corrected chi connectivity index (χ1v) is 22.9. The van der Waals surface area contributed by atoms with Crippen molar-refractivity contribution in [1.29, 1.82) is 0 Å². The van der Waals surface area contributed by atoms with Crippen LogP contribution in [0, 0.1) is 23.7 Å². The number of aryl methyl sites for hydroxylation is 2. The number of pyridine rings is 2. The minimum Gasteiger partial charge on any atom is -0.497 e. The highest BCUT2D eigenvalue weighted by Crippen LogP contribution is 2.32. The normalized spacial score (nSPS) is 18.1. The van der Waals surface area contributed by atoms with Gasteiger partial charge in [-0.2, -0.15) is 4.98 Å². The van der Waals surface area contributed by atoms with Gasteiger partial charge in [0.05, 0.1) is 51.3 Å². The minimum atomic E-state index is -0.216. The molecule has 0 spiro atoms. The third kappa shape index (κ3) is 12.0. The Hall–Kier alpha value is -6.10. The van der Waals surface area contributed by atoms with Crippen molar-refractivity contribution in [2.24, 2.45) is 37.8 Å². The standard InChI is InChI=1S/C24H29N3O5.C16H21N3O4.C8H9BrO/c1-26-20-11-12-21(32-15-17-5-4-6-19(13-17)30-2)25-22(20)27(24(26)29)14-16-7-9-18(10-8-16)23(28)31-3;1-18-12-7-8-13(20)17-14(12)19(16(18)22)9-10-3-5-11(6-4-10)15(21)23-2;1-10-8-4-2-3-7(5-8)6-9/h4-6,11-13,16,18H,7-10,14-15H2,1-3H3;7-8,10-11H,3-6,9H2,1-2H3,(H,17,20);2-5H,6H2,1H3. The molecule has 0 aliphatic heterocycles. The Bertz CT molecular complexity index is 2720. The number of esters is 2. The number of aromatic amines is 1. The second-order valence-corrected chi connectivity index (χ2v) is 17.1. The first-order chi connectivity index (χ1) is 31.4. The van der Waals surface area contributed by atoms with E-state index in [0.29, 0.717) is 48.7 Å². The SMILES string of the molecule is COC(=O)C1CCC(Cn2c(=O)n(C)c3ccc(=O)[nH]c32)CC1.COC(=O)C1CCC(Cn2c(=O)n(C)c3ccc(OCc4cccc(OC)c4)nc32)CC1.COc1cccc(CBr)c1. The van der Waals surface area contributed by atoms with Crippen molar-refractivity contribution in [1.82, 2.24) is 28.2 Å². The Morgan fingerprint density at radius 2 is 1.17 bits per heavy atom. The number of aromatic nitrogens is 6. The molecular formula is C48H59BrN6O10. The van der Waals surface area contributed by atoms with E-state index in [2.05, 4.69) is 32.0 Å². The number of hydrogen-bond donors (Lipinski definition) is 1. The summed E-state index contributed by atoms with van der Waals surface area (Å²) in [5.41, 5.74) is 4.45. The largest absolute Gasteiger partial charge is 0.497 e. The van der Waals surface area contributed by atoms with E-state index in [9.17, 15) is 24.0 Å². The first kappa shape index (κ1) is 48.4. The number of methoxy groups -OCH3 is 4. The highest BCUT2D eigenvalue weighted by molar-refractivity contribution is 9.08. The number of carbonyl (C=O) groups is 2. The topological polar surface area (TPSA) is 180 Å². The highest BCUT2D eigenvalue weighted by atomic mass is 79.9. The van der Waals surface area contributed by atoms with Gasteiger partial charge in [0.15, 0.2) is 5.65 Å². The molecule has 16 nitrogen and oxygen atoms in total. The molecule has 2 fully saturated rings. The van der Waals surface area contributed by atoms with Gasteiger partial charge in [0.25, 0.3) is 0 Å². The zero-order chi connectivity index (χ0) is 46.6. The molecule has 2 aromatic carbocycles. The maximum atomic E-state index is 12.9. The summed E-state index contributed by atoms with van der Waals surface area (Å²) in [6, 6.07) is 22.4. The monoisotopic (exact) mass is 958 g/mol. The quantitative estimate of drug-likeness (QED) is 0.0996. The number of fused-ring (bicyclic) bond motifs is 2. The van der Waals surface area contributed by atoms with Crippen molar-refractivity contribution in [3.8, 4) is 17.4 Å². The number of alkyl halides is 1. The molecule has 2 aliphatic rings. The van der Waals surface area contributed by atoms with Crippen LogP contribution in [0.5, 0.6) is 17.4 Å². The number of hydrogen-bond acceptors (Lipinski definition) is 11. The van der Waals surface area contributed by atoms with Gasteiger partial charge in [-0.25, -0.2) is 9.59 Å². The third-order valence-corrected chi connectivity index (χ3v) is 13.1. The van der Waals surface area contributed by atoms with Crippen LogP contribution in [0.4, 0.5) is 0 Å². The molecule has 1 N–H and O–H groups in total. The average Bonchev–Trinajstić information content (AvgIpc) is 3.72. The number of carbonyl (C=O) groups excluding carboxylic acids is 2. The van der Waals surface area contributed by atoms with Crippen LogP contribution >= 0.6 is 15.9 Å². The number of ether oxygens (including phenoxy) is 5. The minimum absolute atomic E-state index is 0.0275. The zero-order valence-corrected chi connectivity index (χ0v) is 39.5. The van der Waals surface area contributed by atoms with Gasteiger partial charge in [-0.15, -0.1) is 0 Å². The summed E-state index contributed by atoms with van der Waals surface area (Å²) < 4.78 is 32.4. The van der Waals surface area contributed by atoms with Crippen molar-refractivity contribution in [3.05, 3.63) is 115 Å². The summed E-state index contributed by atoms with van der Waals surface area (Å²) in [6.07, 6.45) is 6.67. The second kappa shape index (κ2) is 22.7. The number of benzene rings is 2. The van der Waals surface area contributed by atoms with Crippen LogP contribution < -0.4 is 31.1 Å². The van der Waals surface area contributed by atoms with E-state index in [4.69, 9.17) is 23.7 Å². The lowest BCUT2D eigenvalue weighted by Gasteiger charge is -2.26. The maximum absolute atomic E-state index is 12.9. The van der Waals surface area contributed by atoms with Crippen LogP contribution in [0.15, 0.2) is 87.2 Å². The molecule has 4 heterocycles. The van der Waals surface area contributed by atoms with E-state index in [-0.39, 0.29) is 40.7 Å². The lowest BCUT2D eigenvalue weighted by Crippen LogP contribution is -2.29. The average molecular weight is 960 g/mol. The van der Waals surface area contributed by atoms with Crippen molar-refractivity contribution in [2.75, 3.05) is 28.4 Å². The Kier molecular flexibility index (Phi) is 16.9. The fourth-order valence-electron chi connectivity index (χ4n) is 8.67. The van der Waals surface area contributed by atoms with E-state index in [0.717, 1.165) is 84.8 Å². The molecule has 17 heteroatoms. The second-order valence-electron chi connectivity index (χ2n) is 16.6.